The van der Waals surface area contributed by atoms with Gasteiger partial charge in [-0.15, -0.1) is 0 Å². The van der Waals surface area contributed by atoms with E-state index >= 15 is 0 Å². The van der Waals surface area contributed by atoms with Gasteiger partial charge in [-0.2, -0.15) is 0 Å². The van der Waals surface area contributed by atoms with Crippen LogP contribution in [0.5, 0.6) is 0 Å². The maximum absolute atomic E-state index is 8.21. The zero-order valence-electron chi connectivity index (χ0n) is 4.73. The number of hydrogen-bond acceptors (Lipinski definition) is 3. The van der Waals surface area contributed by atoms with Crippen molar-refractivity contribution in [3.63, 3.8) is 0 Å². The van der Waals surface area contributed by atoms with Crippen molar-refractivity contribution in [2.24, 2.45) is 5.73 Å². The van der Waals surface area contributed by atoms with Gasteiger partial charge in [0.1, 0.15) is 0 Å². The Morgan fingerprint density at radius 1 is 1.71 bits per heavy atom. The summed E-state index contributed by atoms with van der Waals surface area (Å²) in [5.74, 6) is 0. The molecule has 3 nitrogen and oxygen atoms in total. The van der Waals surface area contributed by atoms with Gasteiger partial charge in [0.2, 0.25) is 0 Å². The lowest BCUT2D eigenvalue weighted by Gasteiger charge is -2.17. The number of nitrogens with two attached hydrogens (primary N) is 1. The van der Waals surface area contributed by atoms with Gasteiger partial charge in [0.15, 0.2) is 0 Å². The van der Waals surface area contributed by atoms with Crippen LogP contribution in [0.25, 0.3) is 0 Å². The highest BCUT2D eigenvalue weighted by atomic mass is 16.3. The molecular formula is C4H12N2O. The Morgan fingerprint density at radius 2 is 2.14 bits per heavy atom. The van der Waals surface area contributed by atoms with E-state index in [0.717, 1.165) is 0 Å². The molecule has 44 valence electrons. The van der Waals surface area contributed by atoms with Gasteiger partial charge in [0.25, 0.3) is 0 Å². The molecule has 0 aromatic heterocycles. The van der Waals surface area contributed by atoms with Crippen LogP contribution in [0.1, 0.15) is 13.8 Å². The summed E-state index contributed by atoms with van der Waals surface area (Å²) in [6.07, 6.45) is 0. The fourth-order valence-electron chi connectivity index (χ4n) is 0.204. The smallest absolute Gasteiger partial charge is 0.0945 e. The first-order valence-corrected chi connectivity index (χ1v) is 2.21. The van der Waals surface area contributed by atoms with Crippen LogP contribution < -0.4 is 11.1 Å². The van der Waals surface area contributed by atoms with E-state index < -0.39 is 5.66 Å². The standard InChI is InChI=1S/C4H12N2O/c1-4(2,5)6-3-7/h6-7H,3,5H2,1-2H3. The summed E-state index contributed by atoms with van der Waals surface area (Å²) in [4.78, 5) is 0. The highest BCUT2D eigenvalue weighted by molar-refractivity contribution is 4.64. The van der Waals surface area contributed by atoms with Gasteiger partial charge in [-0.05, 0) is 13.8 Å². The molecule has 0 rings (SSSR count). The van der Waals surface area contributed by atoms with Crippen LogP contribution in [0.2, 0.25) is 0 Å². The van der Waals surface area contributed by atoms with E-state index in [4.69, 9.17) is 10.8 Å². The molecule has 7 heavy (non-hydrogen) atoms. The Morgan fingerprint density at radius 3 is 2.14 bits per heavy atom. The molecule has 0 fully saturated rings. The van der Waals surface area contributed by atoms with Crippen molar-refractivity contribution in [3.8, 4) is 0 Å². The Kier molecular flexibility index (Phi) is 2.22. The Balaban J connectivity index is 3.15. The predicted molar refractivity (Wildman–Crippen MR) is 28.5 cm³/mol. The average Bonchev–Trinajstić information content (AvgIpc) is 1.30. The fraction of sp³-hybridized carbons (Fsp3) is 1.00. The van der Waals surface area contributed by atoms with Crippen molar-refractivity contribution in [2.75, 3.05) is 6.73 Å². The molecule has 0 saturated heterocycles. The van der Waals surface area contributed by atoms with E-state index in [-0.39, 0.29) is 6.73 Å². The van der Waals surface area contributed by atoms with Gasteiger partial charge in [-0.25, -0.2) is 0 Å². The van der Waals surface area contributed by atoms with Gasteiger partial charge in [-0.3, -0.25) is 5.32 Å². The third-order valence-corrected chi connectivity index (χ3v) is 0.535. The second-order valence-corrected chi connectivity index (χ2v) is 2.06. The van der Waals surface area contributed by atoms with E-state index in [9.17, 15) is 0 Å². The lowest BCUT2D eigenvalue weighted by molar-refractivity contribution is 0.212. The van der Waals surface area contributed by atoms with E-state index in [1.807, 2.05) is 0 Å². The van der Waals surface area contributed by atoms with Crippen molar-refractivity contribution in [1.29, 1.82) is 0 Å². The van der Waals surface area contributed by atoms with Gasteiger partial charge in [0, 0.05) is 0 Å². The van der Waals surface area contributed by atoms with Crippen molar-refractivity contribution in [2.45, 2.75) is 19.5 Å². The SMILES string of the molecule is CC(C)(N)NCO. The zero-order chi connectivity index (χ0) is 5.91. The van der Waals surface area contributed by atoms with Gasteiger partial charge < -0.3 is 10.8 Å². The summed E-state index contributed by atoms with van der Waals surface area (Å²) in [5.41, 5.74) is 4.93. The quantitative estimate of drug-likeness (QED) is 0.403. The van der Waals surface area contributed by atoms with Crippen LogP contribution in [-0.4, -0.2) is 17.5 Å². The van der Waals surface area contributed by atoms with E-state index in [1.165, 1.54) is 0 Å². The summed E-state index contributed by atoms with van der Waals surface area (Å²) >= 11 is 0. The highest BCUT2D eigenvalue weighted by Crippen LogP contribution is 1.85. The zero-order valence-corrected chi connectivity index (χ0v) is 4.73. The molecule has 0 heterocycles. The van der Waals surface area contributed by atoms with Crippen LogP contribution in [0.15, 0.2) is 0 Å². The monoisotopic (exact) mass is 104 g/mol. The number of aliphatic hydroxyl groups excluding tert-OH is 1. The fourth-order valence-corrected chi connectivity index (χ4v) is 0.204. The summed E-state index contributed by atoms with van der Waals surface area (Å²) in [7, 11) is 0. The second-order valence-electron chi connectivity index (χ2n) is 2.06. The molecule has 0 aliphatic rings. The van der Waals surface area contributed by atoms with E-state index in [0.29, 0.717) is 0 Å². The Hall–Kier alpha value is -0.120. The maximum atomic E-state index is 8.21. The van der Waals surface area contributed by atoms with E-state index in [1.54, 1.807) is 13.8 Å². The molecule has 0 saturated carbocycles. The predicted octanol–water partition coefficient (Wildman–Crippen LogP) is -0.779. The third kappa shape index (κ3) is 5.88. The molecule has 0 unspecified atom stereocenters. The lowest BCUT2D eigenvalue weighted by Crippen LogP contribution is -2.48. The first kappa shape index (κ1) is 6.88. The van der Waals surface area contributed by atoms with Gasteiger partial charge in [-0.1, -0.05) is 0 Å². The van der Waals surface area contributed by atoms with Crippen LogP contribution in [0, 0.1) is 0 Å². The van der Waals surface area contributed by atoms with Crippen molar-refractivity contribution >= 4 is 0 Å². The summed E-state index contributed by atoms with van der Waals surface area (Å²) < 4.78 is 0. The molecule has 3 heteroatoms. The molecule has 0 aromatic rings. The van der Waals surface area contributed by atoms with Crippen LogP contribution >= 0.6 is 0 Å². The third-order valence-electron chi connectivity index (χ3n) is 0.535. The Labute approximate surface area is 43.5 Å². The summed E-state index contributed by atoms with van der Waals surface area (Å²) in [5, 5.41) is 10.8. The van der Waals surface area contributed by atoms with Crippen LogP contribution in [-0.2, 0) is 0 Å². The topological polar surface area (TPSA) is 58.3 Å². The molecule has 0 atom stereocenters. The largest absolute Gasteiger partial charge is 0.381 e. The Bertz CT molecular complexity index is 48.1. The minimum atomic E-state index is -0.450. The molecule has 4 N–H and O–H groups in total. The second kappa shape index (κ2) is 2.26. The summed E-state index contributed by atoms with van der Waals surface area (Å²) in [6.45, 7) is 3.50. The van der Waals surface area contributed by atoms with Crippen molar-refractivity contribution < 1.29 is 5.11 Å². The van der Waals surface area contributed by atoms with Crippen molar-refractivity contribution in [1.82, 2.24) is 5.32 Å². The summed E-state index contributed by atoms with van der Waals surface area (Å²) in [6, 6.07) is 0. The minimum absolute atomic E-state index is 0.0660. The van der Waals surface area contributed by atoms with Crippen LogP contribution in [0.4, 0.5) is 0 Å². The van der Waals surface area contributed by atoms with Gasteiger partial charge in [0.05, 0.1) is 12.4 Å². The lowest BCUT2D eigenvalue weighted by atomic mass is 10.3. The van der Waals surface area contributed by atoms with Gasteiger partial charge >= 0.3 is 0 Å². The number of aliphatic hydroxyl groups is 1. The van der Waals surface area contributed by atoms with E-state index in [2.05, 4.69) is 5.32 Å². The maximum Gasteiger partial charge on any atom is 0.0945 e. The number of hydrogen-bond donors (Lipinski definition) is 3. The molecule has 0 radical (unpaired) electrons. The van der Waals surface area contributed by atoms with Crippen molar-refractivity contribution in [3.05, 3.63) is 0 Å². The molecule has 0 amide bonds. The molecule has 0 bridgehead atoms. The highest BCUT2D eigenvalue weighted by Gasteiger charge is 2.05. The molecule has 0 aliphatic heterocycles. The average molecular weight is 104 g/mol. The number of rotatable bonds is 2. The molecule has 0 spiro atoms. The molecular weight excluding hydrogens is 92.1 g/mol. The number of nitrogens with one attached hydrogen (secondary N) is 1. The van der Waals surface area contributed by atoms with Crippen LogP contribution in [0.3, 0.4) is 0 Å². The first-order chi connectivity index (χ1) is 3.06. The normalized spacial score (nSPS) is 12.0. The molecule has 0 aliphatic carbocycles. The minimum Gasteiger partial charge on any atom is -0.381 e. The first-order valence-electron chi connectivity index (χ1n) is 2.21. The molecule has 0 aromatic carbocycles.